The molecular weight excluding hydrogens is 264 g/mol. The van der Waals surface area contributed by atoms with E-state index in [2.05, 4.69) is 26.0 Å². The summed E-state index contributed by atoms with van der Waals surface area (Å²) in [6, 6.07) is 10.3. The van der Waals surface area contributed by atoms with Crippen LogP contribution in [0.3, 0.4) is 0 Å². The van der Waals surface area contributed by atoms with Gasteiger partial charge in [0.15, 0.2) is 5.79 Å². The van der Waals surface area contributed by atoms with Gasteiger partial charge < -0.3 is 14.2 Å². The Morgan fingerprint density at radius 2 is 1.90 bits per heavy atom. The number of hydrogen-bond donors (Lipinski definition) is 0. The molecule has 0 N–H and O–H groups in total. The van der Waals surface area contributed by atoms with Gasteiger partial charge in [0.25, 0.3) is 0 Å². The van der Waals surface area contributed by atoms with Gasteiger partial charge in [0.1, 0.15) is 0 Å². The Morgan fingerprint density at radius 3 is 2.62 bits per heavy atom. The van der Waals surface area contributed by atoms with Crippen LogP contribution in [0.1, 0.15) is 38.7 Å². The highest BCUT2D eigenvalue weighted by molar-refractivity contribution is 5.13. The Balaban J connectivity index is 1.68. The van der Waals surface area contributed by atoms with Crippen molar-refractivity contribution in [3.8, 4) is 0 Å². The highest BCUT2D eigenvalue weighted by atomic mass is 16.7. The molecule has 2 atom stereocenters. The minimum Gasteiger partial charge on any atom is -0.376 e. The minimum absolute atomic E-state index is 0.0729. The van der Waals surface area contributed by atoms with Crippen LogP contribution < -0.4 is 0 Å². The third-order valence-corrected chi connectivity index (χ3v) is 5.37. The first kappa shape index (κ1) is 15.0. The van der Waals surface area contributed by atoms with Gasteiger partial charge in [-0.25, -0.2) is 0 Å². The maximum absolute atomic E-state index is 6.07. The van der Waals surface area contributed by atoms with Crippen molar-refractivity contribution in [3.63, 3.8) is 0 Å². The van der Waals surface area contributed by atoms with Crippen LogP contribution in [0, 0.1) is 11.3 Å². The van der Waals surface area contributed by atoms with E-state index in [4.69, 9.17) is 14.2 Å². The van der Waals surface area contributed by atoms with E-state index in [0.29, 0.717) is 32.3 Å². The summed E-state index contributed by atoms with van der Waals surface area (Å²) in [6.07, 6.45) is 3.39. The van der Waals surface area contributed by atoms with E-state index in [1.165, 1.54) is 18.4 Å². The van der Waals surface area contributed by atoms with Gasteiger partial charge in [0.05, 0.1) is 26.4 Å². The predicted molar refractivity (Wildman–Crippen MR) is 81.9 cm³/mol. The first-order chi connectivity index (χ1) is 10.2. The second-order valence-corrected chi connectivity index (χ2v) is 6.64. The molecule has 1 saturated carbocycles. The monoisotopic (exact) mass is 290 g/mol. The Hall–Kier alpha value is -0.900. The van der Waals surface area contributed by atoms with E-state index in [0.717, 1.165) is 6.42 Å². The van der Waals surface area contributed by atoms with Gasteiger partial charge >= 0.3 is 0 Å². The standard InChI is InChI=1S/C18H26O3/c1-15-7-6-10-18(20-11-12-21-18)17(15,2)14-19-13-16-8-4-3-5-9-16/h3-5,8-9,15H,6-7,10-14H2,1-2H3/t15-,17+/m0/s1. The van der Waals surface area contributed by atoms with Crippen LogP contribution in [0.4, 0.5) is 0 Å². The molecule has 1 aromatic carbocycles. The molecule has 0 unspecified atom stereocenters. The summed E-state index contributed by atoms with van der Waals surface area (Å²) in [5, 5.41) is 0. The van der Waals surface area contributed by atoms with Crippen LogP contribution in [0.25, 0.3) is 0 Å². The first-order valence-electron chi connectivity index (χ1n) is 8.06. The Bertz CT molecular complexity index is 453. The van der Waals surface area contributed by atoms with Gasteiger partial charge in [0.2, 0.25) is 0 Å². The average molecular weight is 290 g/mol. The Morgan fingerprint density at radius 1 is 1.19 bits per heavy atom. The van der Waals surface area contributed by atoms with Crippen molar-refractivity contribution in [3.05, 3.63) is 35.9 Å². The van der Waals surface area contributed by atoms with Crippen LogP contribution in [-0.2, 0) is 20.8 Å². The quantitative estimate of drug-likeness (QED) is 0.844. The van der Waals surface area contributed by atoms with Crippen molar-refractivity contribution in [2.75, 3.05) is 19.8 Å². The summed E-state index contributed by atoms with van der Waals surface area (Å²) in [5.74, 6) is 0.113. The maximum Gasteiger partial charge on any atom is 0.176 e. The highest BCUT2D eigenvalue weighted by Gasteiger charge is 2.57. The van der Waals surface area contributed by atoms with Gasteiger partial charge in [-0.3, -0.25) is 0 Å². The molecule has 116 valence electrons. The summed E-state index contributed by atoms with van der Waals surface area (Å²) in [7, 11) is 0. The van der Waals surface area contributed by atoms with Gasteiger partial charge in [-0.15, -0.1) is 0 Å². The highest BCUT2D eigenvalue weighted by Crippen LogP contribution is 2.52. The van der Waals surface area contributed by atoms with Crippen molar-refractivity contribution < 1.29 is 14.2 Å². The lowest BCUT2D eigenvalue weighted by Crippen LogP contribution is -2.56. The maximum atomic E-state index is 6.07. The summed E-state index contributed by atoms with van der Waals surface area (Å²) in [6.45, 7) is 7.33. The zero-order chi connectivity index (χ0) is 14.8. The molecule has 1 aromatic rings. The van der Waals surface area contributed by atoms with E-state index in [9.17, 15) is 0 Å². The van der Waals surface area contributed by atoms with Gasteiger partial charge in [-0.1, -0.05) is 44.2 Å². The van der Waals surface area contributed by atoms with Gasteiger partial charge in [-0.2, -0.15) is 0 Å². The van der Waals surface area contributed by atoms with Crippen LogP contribution >= 0.6 is 0 Å². The summed E-state index contributed by atoms with van der Waals surface area (Å²) in [4.78, 5) is 0. The van der Waals surface area contributed by atoms with Crippen molar-refractivity contribution in [1.29, 1.82) is 0 Å². The second kappa shape index (κ2) is 6.07. The molecule has 0 aromatic heterocycles. The number of hydrogen-bond acceptors (Lipinski definition) is 3. The van der Waals surface area contributed by atoms with Crippen LogP contribution in [-0.4, -0.2) is 25.6 Å². The van der Waals surface area contributed by atoms with Gasteiger partial charge in [0, 0.05) is 11.8 Å². The first-order valence-corrected chi connectivity index (χ1v) is 8.06. The van der Waals surface area contributed by atoms with Crippen molar-refractivity contribution in [2.45, 2.75) is 45.5 Å². The molecule has 3 nitrogen and oxygen atoms in total. The van der Waals surface area contributed by atoms with Crippen LogP contribution in [0.15, 0.2) is 30.3 Å². The van der Waals surface area contributed by atoms with Crippen LogP contribution in [0.5, 0.6) is 0 Å². The molecular formula is C18H26O3. The fourth-order valence-electron chi connectivity index (χ4n) is 3.76. The molecule has 0 radical (unpaired) electrons. The molecule has 3 heteroatoms. The largest absolute Gasteiger partial charge is 0.376 e. The summed E-state index contributed by atoms with van der Waals surface area (Å²) >= 11 is 0. The fraction of sp³-hybridized carbons (Fsp3) is 0.667. The Labute approximate surface area is 127 Å². The van der Waals surface area contributed by atoms with E-state index in [-0.39, 0.29) is 5.41 Å². The minimum atomic E-state index is -0.429. The topological polar surface area (TPSA) is 27.7 Å². The normalized spacial score (nSPS) is 31.6. The zero-order valence-corrected chi connectivity index (χ0v) is 13.1. The summed E-state index contributed by atoms with van der Waals surface area (Å²) < 4.78 is 18.2. The molecule has 1 saturated heterocycles. The van der Waals surface area contributed by atoms with Crippen molar-refractivity contribution in [2.24, 2.45) is 11.3 Å². The number of ether oxygens (including phenoxy) is 3. The number of benzene rings is 1. The molecule has 1 spiro atoms. The molecule has 3 rings (SSSR count). The molecule has 2 aliphatic rings. The fourth-order valence-corrected chi connectivity index (χ4v) is 3.76. The molecule has 1 heterocycles. The lowest BCUT2D eigenvalue weighted by Gasteiger charge is -2.51. The van der Waals surface area contributed by atoms with Gasteiger partial charge in [-0.05, 0) is 24.3 Å². The van der Waals surface area contributed by atoms with E-state index < -0.39 is 5.79 Å². The van der Waals surface area contributed by atoms with Crippen molar-refractivity contribution >= 4 is 0 Å². The van der Waals surface area contributed by atoms with E-state index >= 15 is 0 Å². The van der Waals surface area contributed by atoms with Crippen molar-refractivity contribution in [1.82, 2.24) is 0 Å². The third kappa shape index (κ3) is 2.75. The lowest BCUT2D eigenvalue weighted by atomic mass is 9.64. The zero-order valence-electron chi connectivity index (χ0n) is 13.1. The Kier molecular flexibility index (Phi) is 4.34. The second-order valence-electron chi connectivity index (χ2n) is 6.64. The third-order valence-electron chi connectivity index (χ3n) is 5.37. The van der Waals surface area contributed by atoms with E-state index in [1.54, 1.807) is 0 Å². The molecule has 21 heavy (non-hydrogen) atoms. The molecule has 2 fully saturated rings. The lowest BCUT2D eigenvalue weighted by molar-refractivity contribution is -0.279. The van der Waals surface area contributed by atoms with Crippen LogP contribution in [0.2, 0.25) is 0 Å². The average Bonchev–Trinajstić information content (AvgIpc) is 2.97. The molecule has 1 aliphatic heterocycles. The smallest absolute Gasteiger partial charge is 0.176 e. The SMILES string of the molecule is C[C@H]1CCCC2(OCCO2)[C@]1(C)COCc1ccccc1. The summed E-state index contributed by atoms with van der Waals surface area (Å²) in [5.41, 5.74) is 1.14. The van der Waals surface area contributed by atoms with E-state index in [1.807, 2.05) is 18.2 Å². The molecule has 0 bridgehead atoms. The molecule has 0 amide bonds. The predicted octanol–water partition coefficient (Wildman–Crippen LogP) is 3.77. The number of rotatable bonds is 4. The molecule has 1 aliphatic carbocycles.